The van der Waals surface area contributed by atoms with Crippen LogP contribution in [0, 0.1) is 6.92 Å². The average Bonchev–Trinajstić information content (AvgIpc) is 2.89. The van der Waals surface area contributed by atoms with Gasteiger partial charge >= 0.3 is 0 Å². The standard InChI is InChI=1S/C16H20N2O2S/c1-3-13(9-10-19)18-15(20)14-11(2)17-16(21-14)12-7-5-4-6-8-12/h4-8,13,19H,3,9-10H2,1-2H3,(H,18,20). The molecule has 0 saturated heterocycles. The smallest absolute Gasteiger partial charge is 0.263 e. The van der Waals surface area contributed by atoms with Crippen LogP contribution in [0.3, 0.4) is 0 Å². The SMILES string of the molecule is CCC(CCO)NC(=O)c1sc(-c2ccccc2)nc1C. The molecule has 2 N–H and O–H groups in total. The lowest BCUT2D eigenvalue weighted by molar-refractivity contribution is 0.0932. The summed E-state index contributed by atoms with van der Waals surface area (Å²) in [6.45, 7) is 3.93. The molecule has 0 aliphatic rings. The van der Waals surface area contributed by atoms with Crippen LogP contribution >= 0.6 is 11.3 Å². The second kappa shape index (κ2) is 7.33. The van der Waals surface area contributed by atoms with Crippen molar-refractivity contribution in [1.29, 1.82) is 0 Å². The molecule has 0 spiro atoms. The number of aryl methyl sites for hydroxylation is 1. The van der Waals surface area contributed by atoms with E-state index in [1.54, 1.807) is 0 Å². The molecule has 1 aromatic heterocycles. The maximum Gasteiger partial charge on any atom is 0.263 e. The number of aromatic nitrogens is 1. The summed E-state index contributed by atoms with van der Waals surface area (Å²) in [6.07, 6.45) is 1.38. The molecule has 0 aliphatic carbocycles. The Kier molecular flexibility index (Phi) is 5.47. The Hall–Kier alpha value is -1.72. The largest absolute Gasteiger partial charge is 0.396 e. The van der Waals surface area contributed by atoms with Crippen LogP contribution in [-0.2, 0) is 0 Å². The van der Waals surface area contributed by atoms with Crippen molar-refractivity contribution in [2.45, 2.75) is 32.7 Å². The van der Waals surface area contributed by atoms with Crippen LogP contribution in [0.4, 0.5) is 0 Å². The van der Waals surface area contributed by atoms with Gasteiger partial charge in [0.25, 0.3) is 5.91 Å². The molecular weight excluding hydrogens is 284 g/mol. The monoisotopic (exact) mass is 304 g/mol. The third kappa shape index (κ3) is 3.89. The highest BCUT2D eigenvalue weighted by Crippen LogP contribution is 2.27. The van der Waals surface area contributed by atoms with Crippen molar-refractivity contribution < 1.29 is 9.90 Å². The lowest BCUT2D eigenvalue weighted by Gasteiger charge is -2.14. The highest BCUT2D eigenvalue weighted by Gasteiger charge is 2.18. The summed E-state index contributed by atoms with van der Waals surface area (Å²) in [6, 6.07) is 9.85. The first kappa shape index (κ1) is 15.7. The molecule has 5 heteroatoms. The van der Waals surface area contributed by atoms with Crippen LogP contribution < -0.4 is 5.32 Å². The summed E-state index contributed by atoms with van der Waals surface area (Å²) in [5, 5.41) is 12.8. The van der Waals surface area contributed by atoms with Gasteiger partial charge in [0, 0.05) is 18.2 Å². The minimum atomic E-state index is -0.104. The highest BCUT2D eigenvalue weighted by atomic mass is 32.1. The van der Waals surface area contributed by atoms with Crippen molar-refractivity contribution in [2.75, 3.05) is 6.61 Å². The quantitative estimate of drug-likeness (QED) is 0.862. The number of carbonyl (C=O) groups is 1. The van der Waals surface area contributed by atoms with Gasteiger partial charge in [-0.2, -0.15) is 0 Å². The fourth-order valence-corrected chi connectivity index (χ4v) is 3.07. The Labute approximate surface area is 128 Å². The molecule has 0 aliphatic heterocycles. The molecule has 0 saturated carbocycles. The third-order valence-corrected chi connectivity index (χ3v) is 4.53. The number of nitrogens with zero attached hydrogens (tertiary/aromatic N) is 1. The number of rotatable bonds is 6. The molecule has 112 valence electrons. The number of aliphatic hydroxyl groups is 1. The Morgan fingerprint density at radius 1 is 1.38 bits per heavy atom. The van der Waals surface area contributed by atoms with E-state index < -0.39 is 0 Å². The van der Waals surface area contributed by atoms with E-state index in [2.05, 4.69) is 10.3 Å². The number of thiazole rings is 1. The van der Waals surface area contributed by atoms with Crippen LogP contribution in [0.2, 0.25) is 0 Å². The lowest BCUT2D eigenvalue weighted by atomic mass is 10.1. The molecule has 2 rings (SSSR count). The summed E-state index contributed by atoms with van der Waals surface area (Å²) in [4.78, 5) is 17.5. The van der Waals surface area contributed by atoms with Crippen molar-refractivity contribution in [2.24, 2.45) is 0 Å². The number of hydrogen-bond donors (Lipinski definition) is 2. The minimum absolute atomic E-state index is 0.00387. The first-order valence-corrected chi connectivity index (χ1v) is 7.92. The average molecular weight is 304 g/mol. The Morgan fingerprint density at radius 3 is 2.71 bits per heavy atom. The first-order chi connectivity index (χ1) is 10.2. The van der Waals surface area contributed by atoms with E-state index in [1.807, 2.05) is 44.2 Å². The number of benzene rings is 1. The van der Waals surface area contributed by atoms with E-state index in [4.69, 9.17) is 5.11 Å². The van der Waals surface area contributed by atoms with Crippen molar-refractivity contribution in [3.05, 3.63) is 40.9 Å². The Bertz CT molecular complexity index is 596. The van der Waals surface area contributed by atoms with E-state index in [0.29, 0.717) is 11.3 Å². The highest BCUT2D eigenvalue weighted by molar-refractivity contribution is 7.17. The van der Waals surface area contributed by atoms with E-state index in [9.17, 15) is 4.79 Å². The van der Waals surface area contributed by atoms with Gasteiger partial charge in [0.15, 0.2) is 0 Å². The summed E-state index contributed by atoms with van der Waals surface area (Å²) in [5.41, 5.74) is 1.77. The van der Waals surface area contributed by atoms with Gasteiger partial charge in [-0.3, -0.25) is 4.79 Å². The van der Waals surface area contributed by atoms with Gasteiger partial charge in [-0.05, 0) is 19.8 Å². The number of amides is 1. The van der Waals surface area contributed by atoms with Crippen LogP contribution in [-0.4, -0.2) is 28.6 Å². The number of carbonyl (C=O) groups excluding carboxylic acids is 1. The molecule has 21 heavy (non-hydrogen) atoms. The number of aliphatic hydroxyl groups excluding tert-OH is 1. The van der Waals surface area contributed by atoms with Crippen molar-refractivity contribution in [3.8, 4) is 10.6 Å². The molecule has 0 fully saturated rings. The second-order valence-corrected chi connectivity index (χ2v) is 5.89. The molecule has 1 unspecified atom stereocenters. The maximum atomic E-state index is 12.3. The predicted octanol–water partition coefficient (Wildman–Crippen LogP) is 3.01. The molecule has 1 atom stereocenters. The second-order valence-electron chi connectivity index (χ2n) is 4.89. The number of nitrogens with one attached hydrogen (secondary N) is 1. The van der Waals surface area contributed by atoms with Gasteiger partial charge in [-0.1, -0.05) is 37.3 Å². The summed E-state index contributed by atoms with van der Waals surface area (Å²) in [7, 11) is 0. The minimum Gasteiger partial charge on any atom is -0.396 e. The molecule has 1 amide bonds. The third-order valence-electron chi connectivity index (χ3n) is 3.33. The summed E-state index contributed by atoms with van der Waals surface area (Å²) >= 11 is 1.41. The zero-order valence-electron chi connectivity index (χ0n) is 12.3. The van der Waals surface area contributed by atoms with Gasteiger partial charge in [0.1, 0.15) is 9.88 Å². The zero-order valence-corrected chi connectivity index (χ0v) is 13.1. The van der Waals surface area contributed by atoms with Crippen LogP contribution in [0.1, 0.15) is 35.1 Å². The molecule has 2 aromatic rings. The summed E-state index contributed by atoms with van der Waals surface area (Å²) < 4.78 is 0. The first-order valence-electron chi connectivity index (χ1n) is 7.10. The zero-order chi connectivity index (χ0) is 15.2. The molecule has 0 radical (unpaired) electrons. The molecule has 1 heterocycles. The van der Waals surface area contributed by atoms with Crippen molar-refractivity contribution >= 4 is 17.2 Å². The number of hydrogen-bond acceptors (Lipinski definition) is 4. The van der Waals surface area contributed by atoms with Crippen molar-refractivity contribution in [3.63, 3.8) is 0 Å². The van der Waals surface area contributed by atoms with Gasteiger partial charge in [0.2, 0.25) is 0 Å². The van der Waals surface area contributed by atoms with E-state index in [1.165, 1.54) is 11.3 Å². The van der Waals surface area contributed by atoms with Gasteiger partial charge in [0.05, 0.1) is 5.69 Å². The summed E-state index contributed by atoms with van der Waals surface area (Å²) in [5.74, 6) is -0.104. The predicted molar refractivity (Wildman–Crippen MR) is 85.5 cm³/mol. The lowest BCUT2D eigenvalue weighted by Crippen LogP contribution is -2.34. The Morgan fingerprint density at radius 2 is 2.10 bits per heavy atom. The van der Waals surface area contributed by atoms with Gasteiger partial charge in [-0.15, -0.1) is 11.3 Å². The normalized spacial score (nSPS) is 12.1. The molecule has 0 bridgehead atoms. The van der Waals surface area contributed by atoms with Crippen LogP contribution in [0.15, 0.2) is 30.3 Å². The van der Waals surface area contributed by atoms with E-state index in [-0.39, 0.29) is 18.6 Å². The molecule has 1 aromatic carbocycles. The fraction of sp³-hybridized carbons (Fsp3) is 0.375. The topological polar surface area (TPSA) is 62.2 Å². The maximum absolute atomic E-state index is 12.3. The van der Waals surface area contributed by atoms with Crippen LogP contribution in [0.5, 0.6) is 0 Å². The van der Waals surface area contributed by atoms with Gasteiger partial charge < -0.3 is 10.4 Å². The van der Waals surface area contributed by atoms with Crippen LogP contribution in [0.25, 0.3) is 10.6 Å². The van der Waals surface area contributed by atoms with Gasteiger partial charge in [-0.25, -0.2) is 4.98 Å². The fourth-order valence-electron chi connectivity index (χ4n) is 2.10. The molecule has 4 nitrogen and oxygen atoms in total. The van der Waals surface area contributed by atoms with E-state index >= 15 is 0 Å². The Balaban J connectivity index is 2.17. The van der Waals surface area contributed by atoms with E-state index in [0.717, 1.165) is 22.7 Å². The molecular formula is C16H20N2O2S. The van der Waals surface area contributed by atoms with Crippen molar-refractivity contribution in [1.82, 2.24) is 10.3 Å².